The normalized spacial score (nSPS) is 15.1. The number of nitrogens with one attached hydrogen (secondary N) is 1. The molecule has 0 unspecified atom stereocenters. The van der Waals surface area contributed by atoms with Gasteiger partial charge in [-0.1, -0.05) is 37.3 Å². The highest BCUT2D eigenvalue weighted by Crippen LogP contribution is 2.47. The van der Waals surface area contributed by atoms with Crippen LogP contribution < -0.4 is 5.32 Å². The molecule has 0 radical (unpaired) electrons. The first kappa shape index (κ1) is 19.1. The van der Waals surface area contributed by atoms with Gasteiger partial charge in [0.1, 0.15) is 0 Å². The summed E-state index contributed by atoms with van der Waals surface area (Å²) in [5.41, 5.74) is 1.15. The maximum Gasteiger partial charge on any atom is 0.243 e. The molecule has 27 heavy (non-hydrogen) atoms. The zero-order valence-corrected chi connectivity index (χ0v) is 15.9. The van der Waals surface area contributed by atoms with Crippen molar-refractivity contribution in [1.29, 1.82) is 5.26 Å². The Balaban J connectivity index is 1.67. The fourth-order valence-electron chi connectivity index (χ4n) is 2.93. The van der Waals surface area contributed by atoms with Gasteiger partial charge in [0.25, 0.3) is 0 Å². The summed E-state index contributed by atoms with van der Waals surface area (Å²) in [5.74, 6) is -0.412. The highest BCUT2D eigenvalue weighted by atomic mass is 32.2. The molecule has 0 aromatic heterocycles. The first-order valence-electron chi connectivity index (χ1n) is 8.78. The number of carbonyl (C=O) groups excluding carboxylic acids is 1. The van der Waals surface area contributed by atoms with Crippen LogP contribution in [-0.2, 0) is 20.2 Å². The van der Waals surface area contributed by atoms with Crippen molar-refractivity contribution in [2.24, 2.45) is 0 Å². The fraction of sp³-hybridized carbons (Fsp3) is 0.300. The summed E-state index contributed by atoms with van der Waals surface area (Å²) in [5, 5.41) is 12.0. The van der Waals surface area contributed by atoms with Gasteiger partial charge in [-0.15, -0.1) is 0 Å². The zero-order chi connectivity index (χ0) is 19.5. The zero-order valence-electron chi connectivity index (χ0n) is 15.1. The lowest BCUT2D eigenvalue weighted by Crippen LogP contribution is -2.37. The van der Waals surface area contributed by atoms with Crippen LogP contribution in [0.2, 0.25) is 0 Å². The number of benzene rings is 2. The number of amides is 1. The van der Waals surface area contributed by atoms with Crippen molar-refractivity contribution in [2.75, 3.05) is 18.4 Å². The van der Waals surface area contributed by atoms with Gasteiger partial charge in [-0.3, -0.25) is 4.79 Å². The van der Waals surface area contributed by atoms with Crippen LogP contribution in [0.15, 0.2) is 59.5 Å². The average Bonchev–Trinajstić information content (AvgIpc) is 3.48. The van der Waals surface area contributed by atoms with Crippen molar-refractivity contribution in [1.82, 2.24) is 4.31 Å². The van der Waals surface area contributed by atoms with Crippen LogP contribution in [0.4, 0.5) is 5.69 Å². The van der Waals surface area contributed by atoms with E-state index in [1.54, 1.807) is 37.3 Å². The molecule has 3 rings (SSSR count). The fourth-order valence-corrected chi connectivity index (χ4v) is 4.36. The Kier molecular flexibility index (Phi) is 5.31. The van der Waals surface area contributed by atoms with Crippen LogP contribution >= 0.6 is 0 Å². The maximum atomic E-state index is 12.7. The summed E-state index contributed by atoms with van der Waals surface area (Å²) in [6, 6.07) is 17.6. The quantitative estimate of drug-likeness (QED) is 0.796. The number of hydrogen-bond acceptors (Lipinski definition) is 4. The molecular weight excluding hydrogens is 362 g/mol. The van der Waals surface area contributed by atoms with Gasteiger partial charge >= 0.3 is 0 Å². The number of sulfonamides is 1. The van der Waals surface area contributed by atoms with E-state index in [9.17, 15) is 18.5 Å². The third kappa shape index (κ3) is 4.02. The van der Waals surface area contributed by atoms with Crippen molar-refractivity contribution in [3.63, 3.8) is 0 Å². The number of nitrogens with zero attached hydrogens (tertiary/aromatic N) is 2. The largest absolute Gasteiger partial charge is 0.325 e. The molecule has 1 amide bonds. The van der Waals surface area contributed by atoms with E-state index in [1.165, 1.54) is 12.1 Å². The minimum atomic E-state index is -3.72. The number of hydrogen-bond donors (Lipinski definition) is 1. The van der Waals surface area contributed by atoms with Gasteiger partial charge < -0.3 is 5.32 Å². The van der Waals surface area contributed by atoms with Crippen molar-refractivity contribution in [3.05, 3.63) is 60.2 Å². The van der Waals surface area contributed by atoms with E-state index in [0.717, 1.165) is 22.7 Å². The van der Waals surface area contributed by atoms with Crippen LogP contribution in [0, 0.1) is 11.3 Å². The standard InChI is InChI=1S/C20H21N3O3S/c1-2-23(27(25,26)18-6-4-3-5-7-18)14-19(24)22-17-10-8-16(9-11-17)20(15-21)12-13-20/h3-11H,2,12-14H2,1H3,(H,22,24). The summed E-state index contributed by atoms with van der Waals surface area (Å²) in [4.78, 5) is 12.5. The second kappa shape index (κ2) is 7.51. The molecule has 0 saturated heterocycles. The molecule has 7 heteroatoms. The van der Waals surface area contributed by atoms with Crippen LogP contribution in [0.1, 0.15) is 25.3 Å². The van der Waals surface area contributed by atoms with Gasteiger partial charge in [-0.2, -0.15) is 9.57 Å². The predicted octanol–water partition coefficient (Wildman–Crippen LogP) is 2.89. The third-order valence-corrected chi connectivity index (χ3v) is 6.67. The maximum absolute atomic E-state index is 12.7. The van der Waals surface area contributed by atoms with E-state index in [1.807, 2.05) is 12.1 Å². The summed E-state index contributed by atoms with van der Waals surface area (Å²) in [6.45, 7) is 1.62. The Morgan fingerprint density at radius 3 is 2.30 bits per heavy atom. The first-order valence-corrected chi connectivity index (χ1v) is 10.2. The number of likely N-dealkylation sites (N-methyl/N-ethyl adjacent to an activating group) is 1. The lowest BCUT2D eigenvalue weighted by atomic mass is 9.98. The van der Waals surface area contributed by atoms with Crippen molar-refractivity contribution in [2.45, 2.75) is 30.1 Å². The van der Waals surface area contributed by atoms with Gasteiger partial charge in [0.2, 0.25) is 15.9 Å². The van der Waals surface area contributed by atoms with Crippen LogP contribution in [0.5, 0.6) is 0 Å². The smallest absolute Gasteiger partial charge is 0.243 e. The van der Waals surface area contributed by atoms with Crippen LogP contribution in [0.25, 0.3) is 0 Å². The molecule has 1 N–H and O–H groups in total. The van der Waals surface area contributed by atoms with E-state index in [4.69, 9.17) is 0 Å². The molecule has 2 aromatic rings. The van der Waals surface area contributed by atoms with Gasteiger partial charge in [0.05, 0.1) is 22.9 Å². The van der Waals surface area contributed by atoms with Gasteiger partial charge in [-0.05, 0) is 42.7 Å². The third-order valence-electron chi connectivity index (χ3n) is 4.74. The number of rotatable bonds is 7. The van der Waals surface area contributed by atoms with E-state index in [-0.39, 0.29) is 23.4 Å². The molecule has 2 aromatic carbocycles. The SMILES string of the molecule is CCN(CC(=O)Nc1ccc(C2(C#N)CC2)cc1)S(=O)(=O)c1ccccc1. The minimum Gasteiger partial charge on any atom is -0.325 e. The van der Waals surface area contributed by atoms with Crippen molar-refractivity contribution < 1.29 is 13.2 Å². The number of anilines is 1. The van der Waals surface area contributed by atoms with Crippen molar-refractivity contribution >= 4 is 21.6 Å². The molecule has 6 nitrogen and oxygen atoms in total. The average molecular weight is 383 g/mol. The Morgan fingerprint density at radius 1 is 1.15 bits per heavy atom. The number of nitriles is 1. The molecule has 0 atom stereocenters. The van der Waals surface area contributed by atoms with Crippen molar-refractivity contribution in [3.8, 4) is 6.07 Å². The van der Waals surface area contributed by atoms with E-state index >= 15 is 0 Å². The Morgan fingerprint density at radius 2 is 1.78 bits per heavy atom. The highest BCUT2D eigenvalue weighted by molar-refractivity contribution is 7.89. The number of carbonyl (C=O) groups is 1. The summed E-state index contributed by atoms with van der Waals surface area (Å²) in [6.07, 6.45) is 1.72. The molecular formula is C20H21N3O3S. The monoisotopic (exact) mass is 383 g/mol. The second-order valence-corrected chi connectivity index (χ2v) is 8.50. The molecule has 1 saturated carbocycles. The molecule has 0 bridgehead atoms. The van der Waals surface area contributed by atoms with Crippen LogP contribution in [0.3, 0.4) is 0 Å². The topological polar surface area (TPSA) is 90.3 Å². The van der Waals surface area contributed by atoms with Gasteiger partial charge in [-0.25, -0.2) is 8.42 Å². The molecule has 1 fully saturated rings. The molecule has 0 aliphatic heterocycles. The molecule has 1 aliphatic rings. The predicted molar refractivity (Wildman–Crippen MR) is 102 cm³/mol. The minimum absolute atomic E-state index is 0.162. The first-order chi connectivity index (χ1) is 12.9. The van der Waals surface area contributed by atoms with Gasteiger partial charge in [0, 0.05) is 12.2 Å². The highest BCUT2D eigenvalue weighted by Gasteiger charge is 2.44. The lowest BCUT2D eigenvalue weighted by Gasteiger charge is -2.20. The van der Waals surface area contributed by atoms with Crippen LogP contribution in [-0.4, -0.2) is 31.7 Å². The van der Waals surface area contributed by atoms with Gasteiger partial charge in [0.15, 0.2) is 0 Å². The van der Waals surface area contributed by atoms with E-state index < -0.39 is 15.9 Å². The Labute approximate surface area is 159 Å². The Hall–Kier alpha value is -2.69. The Bertz CT molecular complexity index is 960. The van der Waals surface area contributed by atoms with E-state index in [0.29, 0.717) is 5.69 Å². The summed E-state index contributed by atoms with van der Waals surface area (Å²) >= 11 is 0. The lowest BCUT2D eigenvalue weighted by molar-refractivity contribution is -0.116. The second-order valence-electron chi connectivity index (χ2n) is 6.56. The summed E-state index contributed by atoms with van der Waals surface area (Å²) in [7, 11) is -3.72. The molecule has 0 heterocycles. The molecule has 140 valence electrons. The molecule has 1 aliphatic carbocycles. The molecule has 0 spiro atoms. The summed E-state index contributed by atoms with van der Waals surface area (Å²) < 4.78 is 26.5. The van der Waals surface area contributed by atoms with E-state index in [2.05, 4.69) is 11.4 Å².